The second-order valence-electron chi connectivity index (χ2n) is 5.11. The first-order valence-electron chi connectivity index (χ1n) is 7.51. The van der Waals surface area contributed by atoms with Crippen molar-refractivity contribution in [2.45, 2.75) is 44.8 Å². The van der Waals surface area contributed by atoms with Gasteiger partial charge in [-0.1, -0.05) is 37.3 Å². The average molecular weight is 357 g/mol. The van der Waals surface area contributed by atoms with Gasteiger partial charge in [0.1, 0.15) is 18.1 Å². The van der Waals surface area contributed by atoms with Crippen LogP contribution < -0.4 is 17.2 Å². The normalized spacial score (nSPS) is 13.0. The standard InChI is InChI=1S/C9H11NO2.C4H9NO2.C3H7NO2/c10-8(9(11)12)6-7-4-2-1-3-5-7;1-2-3(5)4(6)7;1-2(4)3(5)6/h1-5,8H,6,10H2,(H,11,12);3H,2,5H2,1H3,(H,6,7);2H,4H2,1H3,(H,5,6). The number of benzene rings is 1. The third-order valence-electron chi connectivity index (χ3n) is 2.76. The molecule has 0 saturated heterocycles. The molecule has 0 aliphatic heterocycles. The van der Waals surface area contributed by atoms with E-state index in [1.165, 1.54) is 6.92 Å². The van der Waals surface area contributed by atoms with E-state index >= 15 is 0 Å². The number of carboxylic acid groups (broad SMARTS) is 3. The first-order chi connectivity index (χ1) is 11.5. The van der Waals surface area contributed by atoms with E-state index in [1.807, 2.05) is 30.3 Å². The van der Waals surface area contributed by atoms with Crippen LogP contribution in [0.1, 0.15) is 25.8 Å². The molecule has 0 spiro atoms. The summed E-state index contributed by atoms with van der Waals surface area (Å²) in [6.45, 7) is 3.15. The maximum absolute atomic E-state index is 10.4. The van der Waals surface area contributed by atoms with E-state index < -0.39 is 36.0 Å². The van der Waals surface area contributed by atoms with Crippen LogP contribution in [0.25, 0.3) is 0 Å². The lowest BCUT2D eigenvalue weighted by molar-refractivity contribution is -0.139. The fraction of sp³-hybridized carbons (Fsp3) is 0.438. The Labute approximate surface area is 146 Å². The fourth-order valence-electron chi connectivity index (χ4n) is 1.13. The van der Waals surface area contributed by atoms with Crippen LogP contribution in [0.2, 0.25) is 0 Å². The van der Waals surface area contributed by atoms with Gasteiger partial charge in [-0.15, -0.1) is 0 Å². The van der Waals surface area contributed by atoms with Crippen molar-refractivity contribution < 1.29 is 29.7 Å². The second-order valence-corrected chi connectivity index (χ2v) is 5.11. The first-order valence-corrected chi connectivity index (χ1v) is 7.51. The number of carboxylic acids is 3. The largest absolute Gasteiger partial charge is 0.480 e. The Hall–Kier alpha value is -2.49. The summed E-state index contributed by atoms with van der Waals surface area (Å²) in [7, 11) is 0. The number of aliphatic carboxylic acids is 3. The fourth-order valence-corrected chi connectivity index (χ4v) is 1.13. The predicted octanol–water partition coefficient (Wildman–Crippen LogP) is -0.132. The van der Waals surface area contributed by atoms with Crippen molar-refractivity contribution in [1.29, 1.82) is 0 Å². The van der Waals surface area contributed by atoms with Gasteiger partial charge in [0, 0.05) is 0 Å². The highest BCUT2D eigenvalue weighted by Gasteiger charge is 2.11. The Bertz CT molecular complexity index is 522. The van der Waals surface area contributed by atoms with E-state index in [4.69, 9.17) is 32.5 Å². The van der Waals surface area contributed by atoms with Gasteiger partial charge in [-0.3, -0.25) is 14.4 Å². The summed E-state index contributed by atoms with van der Waals surface area (Å²) in [5.74, 6) is -2.85. The van der Waals surface area contributed by atoms with Crippen LogP contribution in [0.4, 0.5) is 0 Å². The smallest absolute Gasteiger partial charge is 0.320 e. The molecular formula is C16H27N3O6. The molecule has 0 aliphatic carbocycles. The number of hydrogen-bond donors (Lipinski definition) is 6. The lowest BCUT2D eigenvalue weighted by atomic mass is 10.1. The molecule has 1 rings (SSSR count). The third-order valence-corrected chi connectivity index (χ3v) is 2.76. The molecule has 0 aliphatic rings. The van der Waals surface area contributed by atoms with E-state index in [2.05, 4.69) is 0 Å². The lowest BCUT2D eigenvalue weighted by Crippen LogP contribution is -2.32. The Morgan fingerprint density at radius 1 is 0.880 bits per heavy atom. The molecule has 3 unspecified atom stereocenters. The van der Waals surface area contributed by atoms with Crippen molar-refractivity contribution in [1.82, 2.24) is 0 Å². The van der Waals surface area contributed by atoms with Crippen molar-refractivity contribution in [3.63, 3.8) is 0 Å². The molecule has 1 aromatic rings. The molecule has 142 valence electrons. The molecular weight excluding hydrogens is 330 g/mol. The zero-order valence-electron chi connectivity index (χ0n) is 14.3. The molecule has 9 N–H and O–H groups in total. The van der Waals surface area contributed by atoms with Gasteiger partial charge >= 0.3 is 17.9 Å². The zero-order chi connectivity index (χ0) is 20.0. The highest BCUT2D eigenvalue weighted by atomic mass is 16.4. The van der Waals surface area contributed by atoms with Crippen LogP contribution in [0.5, 0.6) is 0 Å². The quantitative estimate of drug-likeness (QED) is 0.402. The average Bonchev–Trinajstić information content (AvgIpc) is 2.55. The molecule has 9 heteroatoms. The van der Waals surface area contributed by atoms with Gasteiger partial charge < -0.3 is 32.5 Å². The minimum Gasteiger partial charge on any atom is -0.480 e. The number of rotatable bonds is 6. The maximum Gasteiger partial charge on any atom is 0.320 e. The summed E-state index contributed by atoms with van der Waals surface area (Å²) in [4.78, 5) is 29.8. The highest BCUT2D eigenvalue weighted by molar-refractivity contribution is 5.73. The van der Waals surface area contributed by atoms with Crippen molar-refractivity contribution >= 4 is 17.9 Å². The minimum atomic E-state index is -0.963. The topological polar surface area (TPSA) is 190 Å². The van der Waals surface area contributed by atoms with Crippen LogP contribution in [0.3, 0.4) is 0 Å². The molecule has 0 heterocycles. The summed E-state index contributed by atoms with van der Waals surface area (Å²) in [5, 5.41) is 24.4. The van der Waals surface area contributed by atoms with E-state index in [1.54, 1.807) is 6.92 Å². The van der Waals surface area contributed by atoms with E-state index in [0.29, 0.717) is 12.8 Å². The van der Waals surface area contributed by atoms with Crippen molar-refractivity contribution in [2.75, 3.05) is 0 Å². The Morgan fingerprint density at radius 2 is 1.28 bits per heavy atom. The van der Waals surface area contributed by atoms with Crippen LogP contribution in [0.15, 0.2) is 30.3 Å². The first kappa shape index (κ1) is 24.8. The van der Waals surface area contributed by atoms with Crippen LogP contribution in [-0.4, -0.2) is 51.4 Å². The molecule has 0 fully saturated rings. The summed E-state index contributed by atoms with van der Waals surface area (Å²) in [6.07, 6.45) is 0.880. The molecule has 3 atom stereocenters. The summed E-state index contributed by atoms with van der Waals surface area (Å²) in [6, 6.07) is 7.13. The van der Waals surface area contributed by atoms with E-state index in [9.17, 15) is 14.4 Å². The SMILES string of the molecule is CC(N)C(=O)O.CCC(N)C(=O)O.NC(Cc1ccccc1)C(=O)O. The molecule has 25 heavy (non-hydrogen) atoms. The minimum absolute atomic E-state index is 0.385. The van der Waals surface area contributed by atoms with Crippen molar-refractivity contribution in [3.05, 3.63) is 35.9 Å². The van der Waals surface area contributed by atoms with Crippen LogP contribution in [0, 0.1) is 0 Å². The van der Waals surface area contributed by atoms with Gasteiger partial charge in [0.2, 0.25) is 0 Å². The van der Waals surface area contributed by atoms with Crippen molar-refractivity contribution in [2.24, 2.45) is 17.2 Å². The van der Waals surface area contributed by atoms with Crippen LogP contribution >= 0.6 is 0 Å². The Kier molecular flexibility index (Phi) is 13.8. The predicted molar refractivity (Wildman–Crippen MR) is 92.9 cm³/mol. The molecule has 0 radical (unpaired) electrons. The van der Waals surface area contributed by atoms with Gasteiger partial charge in [-0.2, -0.15) is 0 Å². The van der Waals surface area contributed by atoms with Gasteiger partial charge in [0.05, 0.1) is 0 Å². The van der Waals surface area contributed by atoms with Gasteiger partial charge in [0.15, 0.2) is 0 Å². The highest BCUT2D eigenvalue weighted by Crippen LogP contribution is 2.01. The summed E-state index contributed by atoms with van der Waals surface area (Å²) in [5.41, 5.74) is 16.2. The van der Waals surface area contributed by atoms with Crippen LogP contribution in [-0.2, 0) is 20.8 Å². The van der Waals surface area contributed by atoms with Gasteiger partial charge in [-0.05, 0) is 25.3 Å². The summed E-state index contributed by atoms with van der Waals surface area (Å²) >= 11 is 0. The molecule has 0 amide bonds. The number of nitrogens with two attached hydrogens (primary N) is 3. The Morgan fingerprint density at radius 3 is 1.52 bits per heavy atom. The molecule has 0 aromatic heterocycles. The lowest BCUT2D eigenvalue weighted by Gasteiger charge is -2.04. The molecule has 9 nitrogen and oxygen atoms in total. The van der Waals surface area contributed by atoms with Gasteiger partial charge in [-0.25, -0.2) is 0 Å². The maximum atomic E-state index is 10.4. The number of carbonyl (C=O) groups is 3. The van der Waals surface area contributed by atoms with Crippen molar-refractivity contribution in [3.8, 4) is 0 Å². The molecule has 0 saturated carbocycles. The van der Waals surface area contributed by atoms with E-state index in [0.717, 1.165) is 5.56 Å². The molecule has 1 aromatic carbocycles. The van der Waals surface area contributed by atoms with E-state index in [-0.39, 0.29) is 0 Å². The van der Waals surface area contributed by atoms with Gasteiger partial charge in [0.25, 0.3) is 0 Å². The monoisotopic (exact) mass is 357 g/mol. The summed E-state index contributed by atoms with van der Waals surface area (Å²) < 4.78 is 0. The number of hydrogen-bond acceptors (Lipinski definition) is 6. The third kappa shape index (κ3) is 14.8. The Balaban J connectivity index is 0. The molecule has 0 bridgehead atoms. The zero-order valence-corrected chi connectivity index (χ0v) is 14.3. The second kappa shape index (κ2) is 13.9.